The fourth-order valence-electron chi connectivity index (χ4n) is 1.70. The molecule has 0 aromatic rings. The lowest BCUT2D eigenvalue weighted by Gasteiger charge is -2.39. The topological polar surface area (TPSA) is 3.24 Å². The van der Waals surface area contributed by atoms with Gasteiger partial charge in [-0.2, -0.15) is 10.2 Å². The van der Waals surface area contributed by atoms with Gasteiger partial charge in [-0.3, -0.25) is 4.31 Å². The van der Waals surface area contributed by atoms with Crippen LogP contribution in [0.1, 0.15) is 20.3 Å². The van der Waals surface area contributed by atoms with Crippen molar-refractivity contribution < 1.29 is 0 Å². The molecule has 1 saturated heterocycles. The molecular weight excluding hydrogens is 142 g/mol. The number of rotatable bonds is 2. The van der Waals surface area contributed by atoms with E-state index in [1.807, 2.05) is 0 Å². The summed E-state index contributed by atoms with van der Waals surface area (Å²) in [6.45, 7) is 7.24. The summed E-state index contributed by atoms with van der Waals surface area (Å²) in [5.74, 6) is 2.87. The predicted octanol–water partition coefficient (Wildman–Crippen LogP) is 2.08. The average molecular weight is 161 g/mol. The second-order valence-electron chi connectivity index (χ2n) is 3.09. The molecule has 0 aromatic heterocycles. The van der Waals surface area contributed by atoms with E-state index in [4.69, 9.17) is 0 Å². The fourth-order valence-corrected chi connectivity index (χ4v) is 4.55. The minimum atomic E-state index is -0.299. The summed E-state index contributed by atoms with van der Waals surface area (Å²) in [4.78, 5) is 0. The highest BCUT2D eigenvalue weighted by atomic mass is 32.3. The van der Waals surface area contributed by atoms with Crippen molar-refractivity contribution >= 4 is 10.2 Å². The molecule has 0 saturated carbocycles. The van der Waals surface area contributed by atoms with Gasteiger partial charge in [-0.25, -0.2) is 0 Å². The van der Waals surface area contributed by atoms with Crippen molar-refractivity contribution in [3.63, 3.8) is 0 Å². The van der Waals surface area contributed by atoms with E-state index in [0.29, 0.717) is 0 Å². The molecule has 1 heterocycles. The van der Waals surface area contributed by atoms with Crippen molar-refractivity contribution in [1.82, 2.24) is 4.31 Å². The first-order chi connectivity index (χ1) is 4.73. The summed E-state index contributed by atoms with van der Waals surface area (Å²) >= 11 is 0. The molecule has 2 heteroatoms. The zero-order valence-electron chi connectivity index (χ0n) is 7.39. The van der Waals surface area contributed by atoms with Crippen molar-refractivity contribution in [1.29, 1.82) is 0 Å². The van der Waals surface area contributed by atoms with E-state index < -0.39 is 0 Å². The maximum Gasteiger partial charge on any atom is 0.00816 e. The Hall–Kier alpha value is 0.310. The quantitative estimate of drug-likeness (QED) is 0.599. The molecule has 0 bridgehead atoms. The predicted molar refractivity (Wildman–Crippen MR) is 50.8 cm³/mol. The van der Waals surface area contributed by atoms with Crippen LogP contribution in [-0.2, 0) is 0 Å². The molecule has 1 aliphatic heterocycles. The summed E-state index contributed by atoms with van der Waals surface area (Å²) in [7, 11) is -0.299. The third kappa shape index (κ3) is 1.32. The second kappa shape index (κ2) is 3.14. The monoisotopic (exact) mass is 161 g/mol. The van der Waals surface area contributed by atoms with Gasteiger partial charge in [-0.05, 0) is 24.2 Å². The van der Waals surface area contributed by atoms with Crippen molar-refractivity contribution in [3.05, 3.63) is 0 Å². The van der Waals surface area contributed by atoms with Crippen molar-refractivity contribution in [3.8, 4) is 0 Å². The Kier molecular flexibility index (Phi) is 2.64. The van der Waals surface area contributed by atoms with Crippen LogP contribution in [0.2, 0.25) is 0 Å². The first-order valence-corrected chi connectivity index (χ1v) is 6.55. The smallest absolute Gasteiger partial charge is 0.00816 e. The van der Waals surface area contributed by atoms with Crippen LogP contribution < -0.4 is 0 Å². The van der Waals surface area contributed by atoms with Crippen molar-refractivity contribution in [2.45, 2.75) is 20.3 Å². The Morgan fingerprint density at radius 3 is 2.50 bits per heavy atom. The van der Waals surface area contributed by atoms with E-state index in [9.17, 15) is 0 Å². The van der Waals surface area contributed by atoms with Crippen LogP contribution in [0.5, 0.6) is 0 Å². The molecule has 0 radical (unpaired) electrons. The third-order valence-corrected chi connectivity index (χ3v) is 6.69. The van der Waals surface area contributed by atoms with Gasteiger partial charge in [0.05, 0.1) is 0 Å². The molecule has 62 valence electrons. The number of hydrogen-bond acceptors (Lipinski definition) is 1. The molecule has 10 heavy (non-hydrogen) atoms. The fraction of sp³-hybridized carbons (Fsp3) is 1.00. The summed E-state index contributed by atoms with van der Waals surface area (Å²) in [5, 5.41) is 0. The molecule has 0 spiro atoms. The van der Waals surface area contributed by atoms with Gasteiger partial charge in [0.2, 0.25) is 0 Å². The molecule has 0 aliphatic carbocycles. The first-order valence-electron chi connectivity index (χ1n) is 4.21. The normalized spacial score (nSPS) is 41.5. The van der Waals surface area contributed by atoms with Crippen LogP contribution in [0.25, 0.3) is 0 Å². The Balaban J connectivity index is 2.56. The molecule has 0 amide bonds. The molecular formula is C8H19NS. The third-order valence-electron chi connectivity index (χ3n) is 2.59. The van der Waals surface area contributed by atoms with Crippen molar-refractivity contribution in [2.24, 2.45) is 0 Å². The van der Waals surface area contributed by atoms with E-state index in [-0.39, 0.29) is 10.2 Å². The van der Waals surface area contributed by atoms with Gasteiger partial charge in [0.15, 0.2) is 0 Å². The summed E-state index contributed by atoms with van der Waals surface area (Å²) in [6.07, 6.45) is 3.91. The summed E-state index contributed by atoms with van der Waals surface area (Å²) in [6, 6.07) is 0. The Bertz CT molecular complexity index is 116. The maximum absolute atomic E-state index is 2.69. The van der Waals surface area contributed by atoms with E-state index >= 15 is 0 Å². The molecule has 1 fully saturated rings. The average Bonchev–Trinajstić information content (AvgIpc) is 2.32. The van der Waals surface area contributed by atoms with Crippen LogP contribution in [0.3, 0.4) is 0 Å². The number of hydrogen-bond donors (Lipinski definition) is 0. The minimum absolute atomic E-state index is 0.299. The largest absolute Gasteiger partial charge is 0.268 e. The lowest BCUT2D eigenvalue weighted by atomic mass is 10.5. The maximum atomic E-state index is 2.69. The molecule has 1 unspecified atom stereocenters. The van der Waals surface area contributed by atoms with Gasteiger partial charge in [0.25, 0.3) is 0 Å². The molecule has 0 N–H and O–H groups in total. The molecule has 1 aliphatic rings. The van der Waals surface area contributed by atoms with E-state index in [2.05, 4.69) is 24.4 Å². The Morgan fingerprint density at radius 2 is 2.10 bits per heavy atom. The standard InChI is InChI=1S/C8H19NS/c1-4-9-7-6-8-10(9,3)5-2/h4-8H2,1-3H3. The van der Waals surface area contributed by atoms with Crippen LogP contribution in [0.4, 0.5) is 0 Å². The van der Waals surface area contributed by atoms with Gasteiger partial charge in [-0.15, -0.1) is 0 Å². The van der Waals surface area contributed by atoms with Crippen LogP contribution in [0.15, 0.2) is 0 Å². The van der Waals surface area contributed by atoms with E-state index in [1.165, 1.54) is 31.0 Å². The highest BCUT2D eigenvalue weighted by molar-refractivity contribution is 8.31. The first kappa shape index (κ1) is 8.41. The Morgan fingerprint density at radius 1 is 1.40 bits per heavy atom. The van der Waals surface area contributed by atoms with Gasteiger partial charge >= 0.3 is 0 Å². The van der Waals surface area contributed by atoms with Crippen LogP contribution in [0, 0.1) is 0 Å². The van der Waals surface area contributed by atoms with Crippen LogP contribution in [-0.4, -0.2) is 35.2 Å². The summed E-state index contributed by atoms with van der Waals surface area (Å²) < 4.78 is 2.69. The summed E-state index contributed by atoms with van der Waals surface area (Å²) in [5.41, 5.74) is 0. The molecule has 1 nitrogen and oxygen atoms in total. The lowest BCUT2D eigenvalue weighted by Crippen LogP contribution is -2.23. The van der Waals surface area contributed by atoms with Crippen molar-refractivity contribution in [2.75, 3.05) is 30.9 Å². The van der Waals surface area contributed by atoms with Gasteiger partial charge in [0.1, 0.15) is 0 Å². The van der Waals surface area contributed by atoms with E-state index in [1.54, 1.807) is 0 Å². The zero-order chi connectivity index (χ0) is 7.61. The zero-order valence-corrected chi connectivity index (χ0v) is 8.21. The van der Waals surface area contributed by atoms with Gasteiger partial charge < -0.3 is 0 Å². The lowest BCUT2D eigenvalue weighted by molar-refractivity contribution is 0.513. The van der Waals surface area contributed by atoms with Crippen LogP contribution >= 0.6 is 10.2 Å². The minimum Gasteiger partial charge on any atom is -0.268 e. The second-order valence-corrected chi connectivity index (χ2v) is 7.04. The molecule has 1 rings (SSSR count). The Labute approximate surface area is 66.2 Å². The van der Waals surface area contributed by atoms with Gasteiger partial charge in [-0.1, -0.05) is 13.8 Å². The van der Waals surface area contributed by atoms with E-state index in [0.717, 1.165) is 0 Å². The number of nitrogens with zero attached hydrogens (tertiary/aromatic N) is 1. The highest BCUT2D eigenvalue weighted by Gasteiger charge is 2.28. The molecule has 0 aromatic carbocycles. The SMILES string of the molecule is CCN1CCCS1(C)CC. The van der Waals surface area contributed by atoms with Gasteiger partial charge in [0, 0.05) is 13.1 Å². The molecule has 1 atom stereocenters. The highest BCUT2D eigenvalue weighted by Crippen LogP contribution is 2.51.